The Kier molecular flexibility index (Phi) is 5.83. The number of nitrogens with two attached hydrogens (primary N) is 2. The molecule has 8 heteroatoms. The lowest BCUT2D eigenvalue weighted by Gasteiger charge is -2.23. The Labute approximate surface area is 131 Å². The Hall–Kier alpha value is -1.31. The maximum atomic E-state index is 12.8. The number of carbonyl (C=O) groups excluding carboxylic acids is 1. The van der Waals surface area contributed by atoms with Gasteiger partial charge in [-0.15, -0.1) is 0 Å². The van der Waals surface area contributed by atoms with E-state index in [0.717, 1.165) is 6.07 Å². The number of ketones is 1. The first kappa shape index (κ1) is 18.7. The number of carbonyl (C=O) groups is 1. The maximum absolute atomic E-state index is 12.8. The predicted molar refractivity (Wildman–Crippen MR) is 78.7 cm³/mol. The zero-order valence-electron chi connectivity index (χ0n) is 12.0. The van der Waals surface area contributed by atoms with Gasteiger partial charge < -0.3 is 16.6 Å². The average molecular weight is 339 g/mol. The van der Waals surface area contributed by atoms with E-state index in [0.29, 0.717) is 6.07 Å². The summed E-state index contributed by atoms with van der Waals surface area (Å²) in [6, 6.07) is 1.82. The number of nitrogen functional groups attached to an aromatic ring is 1. The topological polar surface area (TPSA) is 89.3 Å². The summed E-state index contributed by atoms with van der Waals surface area (Å²) >= 11 is 5.67. The van der Waals surface area contributed by atoms with E-state index in [1.54, 1.807) is 6.92 Å². The number of hydrogen-bond acceptors (Lipinski definition) is 4. The van der Waals surface area contributed by atoms with E-state index in [2.05, 4.69) is 0 Å². The normalized spacial score (nSPS) is 14.7. The molecule has 0 amide bonds. The Morgan fingerprint density at radius 3 is 2.41 bits per heavy atom. The highest BCUT2D eigenvalue weighted by Crippen LogP contribution is 2.38. The molecule has 1 aromatic rings. The van der Waals surface area contributed by atoms with Crippen LogP contribution in [0.3, 0.4) is 0 Å². The molecule has 5 N–H and O–H groups in total. The minimum Gasteiger partial charge on any atom is -0.397 e. The van der Waals surface area contributed by atoms with Crippen molar-refractivity contribution in [3.05, 3.63) is 28.3 Å². The molecular weight excluding hydrogens is 321 g/mol. The van der Waals surface area contributed by atoms with E-state index in [-0.39, 0.29) is 36.5 Å². The summed E-state index contributed by atoms with van der Waals surface area (Å²) in [6.07, 6.45) is -4.22. The van der Waals surface area contributed by atoms with Gasteiger partial charge in [-0.3, -0.25) is 4.79 Å². The summed E-state index contributed by atoms with van der Waals surface area (Å²) in [6.45, 7) is 1.53. The molecule has 124 valence electrons. The van der Waals surface area contributed by atoms with Crippen LogP contribution in [0.15, 0.2) is 12.1 Å². The van der Waals surface area contributed by atoms with Crippen molar-refractivity contribution in [3.8, 4) is 0 Å². The van der Waals surface area contributed by atoms with Crippen LogP contribution in [0.4, 0.5) is 18.9 Å². The molecule has 22 heavy (non-hydrogen) atoms. The number of aliphatic hydroxyl groups is 1. The number of aliphatic hydroxyl groups excluding tert-OH is 1. The quantitative estimate of drug-likeness (QED) is 0.549. The molecule has 0 aliphatic carbocycles. The van der Waals surface area contributed by atoms with Gasteiger partial charge in [0.25, 0.3) is 0 Å². The lowest BCUT2D eigenvalue weighted by atomic mass is 9.91. The van der Waals surface area contributed by atoms with Gasteiger partial charge in [-0.25, -0.2) is 0 Å². The molecule has 1 atom stereocenters. The molecular formula is C14H18ClF3N2O2. The van der Waals surface area contributed by atoms with Gasteiger partial charge in [0.1, 0.15) is 0 Å². The highest BCUT2D eigenvalue weighted by atomic mass is 35.5. The summed E-state index contributed by atoms with van der Waals surface area (Å²) < 4.78 is 38.5. The highest BCUT2D eigenvalue weighted by Gasteiger charge is 2.35. The first-order chi connectivity index (χ1) is 9.98. The second-order valence-corrected chi connectivity index (χ2v) is 5.88. The largest absolute Gasteiger partial charge is 0.418 e. The van der Waals surface area contributed by atoms with Gasteiger partial charge >= 0.3 is 6.18 Å². The van der Waals surface area contributed by atoms with Gasteiger partial charge in [0, 0.05) is 24.1 Å². The van der Waals surface area contributed by atoms with Crippen LogP contribution < -0.4 is 11.5 Å². The molecule has 4 nitrogen and oxygen atoms in total. The van der Waals surface area contributed by atoms with Crippen LogP contribution in [0.5, 0.6) is 0 Å². The third-order valence-electron chi connectivity index (χ3n) is 3.36. The van der Waals surface area contributed by atoms with Gasteiger partial charge in [-0.05, 0) is 31.9 Å². The van der Waals surface area contributed by atoms with Crippen molar-refractivity contribution in [1.82, 2.24) is 0 Å². The van der Waals surface area contributed by atoms with Crippen LogP contribution in [0.2, 0.25) is 5.02 Å². The van der Waals surface area contributed by atoms with Crippen LogP contribution in [0.1, 0.15) is 42.1 Å². The van der Waals surface area contributed by atoms with Gasteiger partial charge in [0.15, 0.2) is 5.78 Å². The molecule has 0 aromatic heterocycles. The highest BCUT2D eigenvalue weighted by molar-refractivity contribution is 6.33. The van der Waals surface area contributed by atoms with Crippen molar-refractivity contribution in [2.75, 3.05) is 12.3 Å². The Bertz CT molecular complexity index is 560. The first-order valence-electron chi connectivity index (χ1n) is 6.57. The Morgan fingerprint density at radius 1 is 1.32 bits per heavy atom. The van der Waals surface area contributed by atoms with Gasteiger partial charge in [-0.2, -0.15) is 13.2 Å². The van der Waals surface area contributed by atoms with Gasteiger partial charge in [-0.1, -0.05) is 11.6 Å². The molecule has 1 rings (SSSR count). The van der Waals surface area contributed by atoms with E-state index in [1.807, 2.05) is 0 Å². The first-order valence-corrected chi connectivity index (χ1v) is 6.95. The third kappa shape index (κ3) is 4.86. The summed E-state index contributed by atoms with van der Waals surface area (Å²) in [5.41, 5.74) is 8.52. The Balaban J connectivity index is 2.98. The summed E-state index contributed by atoms with van der Waals surface area (Å²) in [4.78, 5) is 12.1. The molecule has 1 aromatic carbocycles. The number of benzene rings is 1. The number of anilines is 1. The zero-order valence-corrected chi connectivity index (χ0v) is 12.8. The number of hydrogen-bond donors (Lipinski definition) is 3. The maximum Gasteiger partial charge on any atom is 0.418 e. The van der Waals surface area contributed by atoms with Crippen LogP contribution in [-0.2, 0) is 6.18 Å². The molecule has 0 saturated carbocycles. The van der Waals surface area contributed by atoms with E-state index >= 15 is 0 Å². The van der Waals surface area contributed by atoms with Crippen LogP contribution in [-0.4, -0.2) is 23.0 Å². The van der Waals surface area contributed by atoms with E-state index in [4.69, 9.17) is 28.2 Å². The molecule has 0 bridgehead atoms. The number of Topliss-reactive ketones (excluding diaryl/α,β-unsaturated/α-hetero) is 1. The van der Waals surface area contributed by atoms with E-state index in [9.17, 15) is 18.0 Å². The predicted octanol–water partition coefficient (Wildman–Crippen LogP) is 3.00. The molecule has 0 fully saturated rings. The summed E-state index contributed by atoms with van der Waals surface area (Å²) in [7, 11) is 0. The van der Waals surface area contributed by atoms with Crippen LogP contribution >= 0.6 is 11.6 Å². The molecule has 0 aliphatic rings. The van der Waals surface area contributed by atoms with E-state index in [1.165, 1.54) is 0 Å². The van der Waals surface area contributed by atoms with Crippen molar-refractivity contribution in [1.29, 1.82) is 0 Å². The van der Waals surface area contributed by atoms with Gasteiger partial charge in [0.05, 0.1) is 16.3 Å². The summed E-state index contributed by atoms with van der Waals surface area (Å²) in [5, 5.41) is 8.54. The lowest BCUT2D eigenvalue weighted by molar-refractivity contribution is -0.136. The third-order valence-corrected chi connectivity index (χ3v) is 3.68. The van der Waals surface area contributed by atoms with Crippen molar-refractivity contribution in [3.63, 3.8) is 0 Å². The minimum atomic E-state index is -4.69. The Morgan fingerprint density at radius 2 is 1.91 bits per heavy atom. The number of alkyl halides is 3. The van der Waals surface area contributed by atoms with Crippen molar-refractivity contribution >= 4 is 23.1 Å². The number of rotatable bonds is 6. The van der Waals surface area contributed by atoms with Crippen molar-refractivity contribution < 1.29 is 23.1 Å². The second kappa shape index (κ2) is 6.85. The molecule has 1 unspecified atom stereocenters. The van der Waals surface area contributed by atoms with E-state index < -0.39 is 28.7 Å². The van der Waals surface area contributed by atoms with Crippen molar-refractivity contribution in [2.24, 2.45) is 5.73 Å². The smallest absolute Gasteiger partial charge is 0.397 e. The van der Waals surface area contributed by atoms with Gasteiger partial charge in [0.2, 0.25) is 0 Å². The van der Waals surface area contributed by atoms with Crippen LogP contribution in [0, 0.1) is 0 Å². The average Bonchev–Trinajstić information content (AvgIpc) is 2.37. The SMILES string of the molecule is CC(N)(CCO)CCC(=O)c1cc(Cl)c(N)c(C(F)(F)F)c1. The lowest BCUT2D eigenvalue weighted by Crippen LogP contribution is -2.37. The molecule has 0 spiro atoms. The monoisotopic (exact) mass is 338 g/mol. The zero-order chi connectivity index (χ0) is 17.1. The second-order valence-electron chi connectivity index (χ2n) is 5.47. The fourth-order valence-electron chi connectivity index (χ4n) is 1.94. The molecule has 0 radical (unpaired) electrons. The molecule has 0 aliphatic heterocycles. The van der Waals surface area contributed by atoms with Crippen molar-refractivity contribution in [2.45, 2.75) is 37.9 Å². The van der Waals surface area contributed by atoms with Crippen LogP contribution in [0.25, 0.3) is 0 Å². The minimum absolute atomic E-state index is 0.0510. The summed E-state index contributed by atoms with van der Waals surface area (Å²) in [5.74, 6) is -0.512. The number of halogens is 4. The standard InChI is InChI=1S/C14H18ClF3N2O2/c1-13(20,4-5-21)3-2-11(22)8-6-9(14(16,17)18)12(19)10(15)7-8/h6-7,21H,2-5,19-20H2,1H3. The molecule has 0 saturated heterocycles. The molecule has 0 heterocycles. The fourth-order valence-corrected chi connectivity index (χ4v) is 2.16. The fraction of sp³-hybridized carbons (Fsp3) is 0.500.